The van der Waals surface area contributed by atoms with E-state index in [1.54, 1.807) is 34.9 Å². The lowest BCUT2D eigenvalue weighted by Crippen LogP contribution is -2.24. The van der Waals surface area contributed by atoms with E-state index in [9.17, 15) is 9.59 Å². The van der Waals surface area contributed by atoms with Gasteiger partial charge in [0.1, 0.15) is 5.69 Å². The van der Waals surface area contributed by atoms with E-state index in [4.69, 9.17) is 11.6 Å². The second kappa shape index (κ2) is 4.75. The minimum absolute atomic E-state index is 0.271. The van der Waals surface area contributed by atoms with Crippen LogP contribution in [0.15, 0.2) is 40.9 Å². The fourth-order valence-electron chi connectivity index (χ4n) is 2.29. The number of aromatic nitrogens is 2. The molecule has 0 aliphatic carbocycles. The Kier molecular flexibility index (Phi) is 2.85. The Labute approximate surface area is 133 Å². The largest absolute Gasteiger partial charge is 0.288 e. The van der Waals surface area contributed by atoms with Gasteiger partial charge in [0.2, 0.25) is 0 Å². The van der Waals surface area contributed by atoms with Crippen LogP contribution in [-0.2, 0) is 0 Å². The van der Waals surface area contributed by atoms with E-state index in [0.717, 1.165) is 5.01 Å². The molecule has 0 spiro atoms. The molecular formula is C14H7ClN4O2S. The number of hydrogen-bond acceptors (Lipinski definition) is 5. The van der Waals surface area contributed by atoms with Crippen molar-refractivity contribution in [1.29, 1.82) is 0 Å². The molecule has 3 aromatic rings. The Morgan fingerprint density at radius 2 is 1.86 bits per heavy atom. The molecule has 2 amide bonds. The number of halogens is 1. The third-order valence-electron chi connectivity index (χ3n) is 3.32. The van der Waals surface area contributed by atoms with Gasteiger partial charge in [-0.25, -0.2) is 4.98 Å². The highest BCUT2D eigenvalue weighted by Crippen LogP contribution is 2.24. The van der Waals surface area contributed by atoms with E-state index in [0.29, 0.717) is 21.8 Å². The summed E-state index contributed by atoms with van der Waals surface area (Å²) in [5, 5.41) is 6.97. The van der Waals surface area contributed by atoms with Crippen LogP contribution >= 0.6 is 22.9 Å². The van der Waals surface area contributed by atoms with E-state index in [2.05, 4.69) is 10.1 Å². The summed E-state index contributed by atoms with van der Waals surface area (Å²) in [5.74, 6) is -0.891. The Morgan fingerprint density at radius 1 is 1.18 bits per heavy atom. The maximum absolute atomic E-state index is 12.2. The normalized spacial score (nSPS) is 14.5. The van der Waals surface area contributed by atoms with Crippen LogP contribution in [0.2, 0.25) is 5.15 Å². The van der Waals surface area contributed by atoms with Gasteiger partial charge in [-0.3, -0.25) is 14.0 Å². The number of nitrogens with zero attached hydrogens (tertiary/aromatic N) is 4. The van der Waals surface area contributed by atoms with E-state index in [-0.39, 0.29) is 5.15 Å². The molecule has 1 aromatic carbocycles. The molecular weight excluding hydrogens is 324 g/mol. The highest BCUT2D eigenvalue weighted by Gasteiger charge is 2.35. The molecule has 0 fully saturated rings. The van der Waals surface area contributed by atoms with E-state index >= 15 is 0 Å². The monoisotopic (exact) mass is 330 g/mol. The van der Waals surface area contributed by atoms with Crippen molar-refractivity contribution in [2.45, 2.75) is 0 Å². The third-order valence-corrected chi connectivity index (χ3v) is 4.36. The quantitative estimate of drug-likeness (QED) is 0.536. The van der Waals surface area contributed by atoms with Gasteiger partial charge in [0.25, 0.3) is 11.8 Å². The average Bonchev–Trinajstić information content (AvgIpc) is 3.14. The van der Waals surface area contributed by atoms with Crippen molar-refractivity contribution in [1.82, 2.24) is 14.4 Å². The number of fused-ring (bicyclic) bond motifs is 2. The first-order valence-electron chi connectivity index (χ1n) is 6.29. The highest BCUT2D eigenvalue weighted by molar-refractivity contribution is 7.15. The average molecular weight is 331 g/mol. The number of imidazole rings is 1. The van der Waals surface area contributed by atoms with Crippen LogP contribution in [0, 0.1) is 0 Å². The molecule has 0 radical (unpaired) electrons. The van der Waals surface area contributed by atoms with Gasteiger partial charge in [0.15, 0.2) is 10.1 Å². The molecule has 0 saturated carbocycles. The molecule has 0 N–H and O–H groups in total. The summed E-state index contributed by atoms with van der Waals surface area (Å²) in [6, 6.07) is 6.63. The Morgan fingerprint density at radius 3 is 2.55 bits per heavy atom. The van der Waals surface area contributed by atoms with Crippen molar-refractivity contribution < 1.29 is 9.59 Å². The molecule has 2 aromatic heterocycles. The van der Waals surface area contributed by atoms with Crippen LogP contribution in [0.5, 0.6) is 0 Å². The van der Waals surface area contributed by atoms with Crippen LogP contribution in [-0.4, -0.2) is 32.4 Å². The minimum Gasteiger partial charge on any atom is -0.288 e. The topological polar surface area (TPSA) is 67.0 Å². The van der Waals surface area contributed by atoms with Gasteiger partial charge in [0, 0.05) is 11.6 Å². The molecule has 108 valence electrons. The number of rotatable bonds is 2. The molecule has 4 rings (SSSR count). The fraction of sp³-hybridized carbons (Fsp3) is 0. The summed E-state index contributed by atoms with van der Waals surface area (Å²) < 4.78 is 1.74. The number of thiazole rings is 1. The van der Waals surface area contributed by atoms with Gasteiger partial charge in [-0.2, -0.15) is 10.1 Å². The zero-order valence-electron chi connectivity index (χ0n) is 10.9. The van der Waals surface area contributed by atoms with Crippen LogP contribution in [0.1, 0.15) is 26.4 Å². The molecule has 0 saturated heterocycles. The number of imide groups is 1. The third kappa shape index (κ3) is 1.79. The van der Waals surface area contributed by atoms with E-state index in [1.165, 1.54) is 17.6 Å². The molecule has 3 heterocycles. The minimum atomic E-state index is -0.445. The standard InChI is InChI=1S/C14H7ClN4O2S/c15-11-10(18-5-6-22-14(18)17-11)7-16-19-12(20)8-3-1-2-4-9(8)13(19)21/h1-7H. The lowest BCUT2D eigenvalue weighted by atomic mass is 10.1. The maximum atomic E-state index is 12.2. The molecule has 6 nitrogen and oxygen atoms in total. The highest BCUT2D eigenvalue weighted by atomic mass is 35.5. The van der Waals surface area contributed by atoms with E-state index < -0.39 is 11.8 Å². The number of amides is 2. The molecule has 22 heavy (non-hydrogen) atoms. The van der Waals surface area contributed by atoms with Crippen molar-refractivity contribution >= 4 is 45.9 Å². The first-order valence-corrected chi connectivity index (χ1v) is 7.55. The summed E-state index contributed by atoms with van der Waals surface area (Å²) >= 11 is 7.48. The van der Waals surface area contributed by atoms with Gasteiger partial charge in [-0.15, -0.1) is 11.3 Å². The fourth-order valence-corrected chi connectivity index (χ4v) is 3.28. The second-order valence-electron chi connectivity index (χ2n) is 4.56. The molecule has 0 atom stereocenters. The van der Waals surface area contributed by atoms with Crippen molar-refractivity contribution in [3.05, 3.63) is 57.8 Å². The zero-order chi connectivity index (χ0) is 15.3. The van der Waals surface area contributed by atoms with E-state index in [1.807, 2.05) is 5.38 Å². The number of hydrogen-bond donors (Lipinski definition) is 0. The van der Waals surface area contributed by atoms with Crippen LogP contribution in [0.3, 0.4) is 0 Å². The SMILES string of the molecule is O=C1c2ccccc2C(=O)N1N=Cc1c(Cl)nc2sccn12. The Hall–Kier alpha value is -2.51. The number of hydrazone groups is 1. The van der Waals surface area contributed by atoms with Crippen LogP contribution in [0.25, 0.3) is 4.96 Å². The molecule has 8 heteroatoms. The smallest absolute Gasteiger partial charge is 0.282 e. The second-order valence-corrected chi connectivity index (χ2v) is 5.79. The Balaban J connectivity index is 1.73. The van der Waals surface area contributed by atoms with Crippen molar-refractivity contribution in [2.24, 2.45) is 5.10 Å². The Bertz CT molecular complexity index is 924. The number of carbonyl (C=O) groups excluding carboxylic acids is 2. The summed E-state index contributed by atoms with van der Waals surface area (Å²) in [4.78, 5) is 29.3. The summed E-state index contributed by atoms with van der Waals surface area (Å²) in [6.07, 6.45) is 3.17. The lowest BCUT2D eigenvalue weighted by Gasteiger charge is -2.05. The van der Waals surface area contributed by atoms with Crippen LogP contribution in [0.4, 0.5) is 0 Å². The van der Waals surface area contributed by atoms with Gasteiger partial charge < -0.3 is 0 Å². The van der Waals surface area contributed by atoms with Crippen molar-refractivity contribution in [2.75, 3.05) is 0 Å². The van der Waals surface area contributed by atoms with Crippen molar-refractivity contribution in [3.63, 3.8) is 0 Å². The molecule has 0 bridgehead atoms. The van der Waals surface area contributed by atoms with Gasteiger partial charge >= 0.3 is 0 Å². The first-order chi connectivity index (χ1) is 10.7. The molecule has 0 unspecified atom stereocenters. The number of benzene rings is 1. The van der Waals surface area contributed by atoms with Crippen molar-refractivity contribution in [3.8, 4) is 0 Å². The predicted octanol–water partition coefficient (Wildman–Crippen LogP) is 2.68. The maximum Gasteiger partial charge on any atom is 0.282 e. The lowest BCUT2D eigenvalue weighted by molar-refractivity contribution is 0.0660. The number of carbonyl (C=O) groups is 2. The predicted molar refractivity (Wildman–Crippen MR) is 82.6 cm³/mol. The van der Waals surface area contributed by atoms with Gasteiger partial charge in [-0.05, 0) is 12.1 Å². The molecule has 1 aliphatic heterocycles. The summed E-state index contributed by atoms with van der Waals surface area (Å²) in [7, 11) is 0. The summed E-state index contributed by atoms with van der Waals surface area (Å²) in [5.41, 5.74) is 1.23. The first kappa shape index (κ1) is 13.2. The van der Waals surface area contributed by atoms with Gasteiger partial charge in [0.05, 0.1) is 17.3 Å². The molecule has 1 aliphatic rings. The van der Waals surface area contributed by atoms with Gasteiger partial charge in [-0.1, -0.05) is 23.7 Å². The summed E-state index contributed by atoms with van der Waals surface area (Å²) in [6.45, 7) is 0. The zero-order valence-corrected chi connectivity index (χ0v) is 12.5. The van der Waals surface area contributed by atoms with Crippen LogP contribution < -0.4 is 0 Å².